The van der Waals surface area contributed by atoms with E-state index in [9.17, 15) is 14.7 Å². The summed E-state index contributed by atoms with van der Waals surface area (Å²) in [6, 6.07) is -0.966. The van der Waals surface area contributed by atoms with E-state index in [0.717, 1.165) is 19.3 Å². The summed E-state index contributed by atoms with van der Waals surface area (Å²) >= 11 is 0. The SMILES string of the molecule is CCC(C)(C)NC(=O)N1CCCC(C)C1C(=O)O. The lowest BCUT2D eigenvalue weighted by molar-refractivity contribution is -0.145. The van der Waals surface area contributed by atoms with Gasteiger partial charge >= 0.3 is 12.0 Å². The van der Waals surface area contributed by atoms with Crippen LogP contribution >= 0.6 is 0 Å². The van der Waals surface area contributed by atoms with Crippen molar-refractivity contribution in [1.82, 2.24) is 10.2 Å². The van der Waals surface area contributed by atoms with Crippen molar-refractivity contribution in [1.29, 1.82) is 0 Å². The average Bonchev–Trinajstić information content (AvgIpc) is 2.27. The molecule has 2 N–H and O–H groups in total. The molecule has 0 radical (unpaired) electrons. The smallest absolute Gasteiger partial charge is 0.326 e. The van der Waals surface area contributed by atoms with E-state index in [1.54, 1.807) is 0 Å². The van der Waals surface area contributed by atoms with Crippen molar-refractivity contribution < 1.29 is 14.7 Å². The molecule has 0 saturated carbocycles. The molecule has 0 aromatic carbocycles. The topological polar surface area (TPSA) is 69.6 Å². The van der Waals surface area contributed by atoms with Crippen molar-refractivity contribution in [2.45, 2.75) is 58.5 Å². The molecule has 2 amide bonds. The second-order valence-corrected chi connectivity index (χ2v) is 5.76. The molecule has 5 heteroatoms. The number of nitrogens with zero attached hydrogens (tertiary/aromatic N) is 1. The summed E-state index contributed by atoms with van der Waals surface area (Å²) < 4.78 is 0. The molecular formula is C13H24N2O3. The molecule has 2 atom stereocenters. The predicted molar refractivity (Wildman–Crippen MR) is 69.4 cm³/mol. The van der Waals surface area contributed by atoms with Crippen LogP contribution in [0.2, 0.25) is 0 Å². The Morgan fingerprint density at radius 3 is 2.56 bits per heavy atom. The number of carbonyl (C=O) groups is 2. The van der Waals surface area contributed by atoms with Crippen molar-refractivity contribution in [3.63, 3.8) is 0 Å². The van der Waals surface area contributed by atoms with Gasteiger partial charge in [0.1, 0.15) is 6.04 Å². The fourth-order valence-electron chi connectivity index (χ4n) is 2.24. The number of likely N-dealkylation sites (tertiary alicyclic amines) is 1. The lowest BCUT2D eigenvalue weighted by Gasteiger charge is -2.39. The number of amides is 2. The molecule has 0 bridgehead atoms. The molecular weight excluding hydrogens is 232 g/mol. The maximum absolute atomic E-state index is 12.2. The Morgan fingerprint density at radius 2 is 2.06 bits per heavy atom. The van der Waals surface area contributed by atoms with E-state index in [0.29, 0.717) is 6.54 Å². The predicted octanol–water partition coefficient (Wildman–Crippen LogP) is 2.07. The number of urea groups is 1. The average molecular weight is 256 g/mol. The molecule has 1 rings (SSSR count). The first-order valence-corrected chi connectivity index (χ1v) is 6.60. The molecule has 1 aliphatic rings. The van der Waals surface area contributed by atoms with Gasteiger partial charge in [-0.1, -0.05) is 13.8 Å². The normalized spacial score (nSPS) is 24.8. The zero-order valence-electron chi connectivity index (χ0n) is 11.7. The van der Waals surface area contributed by atoms with Crippen LogP contribution in [0.3, 0.4) is 0 Å². The zero-order valence-corrected chi connectivity index (χ0v) is 11.7. The molecule has 1 aliphatic heterocycles. The molecule has 104 valence electrons. The van der Waals surface area contributed by atoms with Crippen LogP contribution in [0.15, 0.2) is 0 Å². The van der Waals surface area contributed by atoms with E-state index >= 15 is 0 Å². The van der Waals surface area contributed by atoms with Crippen LogP contribution in [0.4, 0.5) is 4.79 Å². The second-order valence-electron chi connectivity index (χ2n) is 5.76. The largest absolute Gasteiger partial charge is 0.480 e. The molecule has 0 aliphatic carbocycles. The molecule has 5 nitrogen and oxygen atoms in total. The third kappa shape index (κ3) is 3.37. The van der Waals surface area contributed by atoms with E-state index in [4.69, 9.17) is 0 Å². The number of piperidine rings is 1. The number of carboxylic acid groups (broad SMARTS) is 1. The highest BCUT2D eigenvalue weighted by atomic mass is 16.4. The van der Waals surface area contributed by atoms with Crippen molar-refractivity contribution in [2.24, 2.45) is 5.92 Å². The van der Waals surface area contributed by atoms with Crippen LogP contribution in [0.5, 0.6) is 0 Å². The molecule has 18 heavy (non-hydrogen) atoms. The third-order valence-corrected chi connectivity index (χ3v) is 3.78. The summed E-state index contributed by atoms with van der Waals surface area (Å²) in [6.07, 6.45) is 2.53. The summed E-state index contributed by atoms with van der Waals surface area (Å²) in [5.74, 6) is -0.904. The van der Waals surface area contributed by atoms with Crippen LogP contribution in [0.1, 0.15) is 47.0 Å². The monoisotopic (exact) mass is 256 g/mol. The highest BCUT2D eigenvalue weighted by molar-refractivity contribution is 5.83. The van der Waals surface area contributed by atoms with Crippen molar-refractivity contribution in [2.75, 3.05) is 6.54 Å². The quantitative estimate of drug-likeness (QED) is 0.812. The number of hydrogen-bond acceptors (Lipinski definition) is 2. The Bertz CT molecular complexity index is 328. The minimum atomic E-state index is -0.911. The van der Waals surface area contributed by atoms with Gasteiger partial charge in [0.15, 0.2) is 0 Å². The van der Waals surface area contributed by atoms with Gasteiger partial charge in [-0.2, -0.15) is 0 Å². The summed E-state index contributed by atoms with van der Waals surface area (Å²) in [5.41, 5.74) is -0.305. The van der Waals surface area contributed by atoms with Gasteiger partial charge in [-0.3, -0.25) is 0 Å². The van der Waals surface area contributed by atoms with Crippen molar-refractivity contribution in [3.05, 3.63) is 0 Å². The van der Waals surface area contributed by atoms with Gasteiger partial charge in [0.2, 0.25) is 0 Å². The lowest BCUT2D eigenvalue weighted by Crippen LogP contribution is -2.58. The molecule has 1 fully saturated rings. The third-order valence-electron chi connectivity index (χ3n) is 3.78. The number of nitrogens with one attached hydrogen (secondary N) is 1. The van der Waals surface area contributed by atoms with Gasteiger partial charge < -0.3 is 15.3 Å². The van der Waals surface area contributed by atoms with Gasteiger partial charge in [-0.25, -0.2) is 9.59 Å². The summed E-state index contributed by atoms with van der Waals surface area (Å²) in [5, 5.41) is 12.2. The Hall–Kier alpha value is -1.26. The van der Waals surface area contributed by atoms with E-state index < -0.39 is 12.0 Å². The minimum absolute atomic E-state index is 0.00624. The maximum Gasteiger partial charge on any atom is 0.326 e. The Morgan fingerprint density at radius 1 is 1.44 bits per heavy atom. The van der Waals surface area contributed by atoms with Gasteiger partial charge in [-0.15, -0.1) is 0 Å². The Labute approximate surface area is 109 Å². The highest BCUT2D eigenvalue weighted by Gasteiger charge is 2.38. The minimum Gasteiger partial charge on any atom is -0.480 e. The number of hydrogen-bond donors (Lipinski definition) is 2. The summed E-state index contributed by atoms with van der Waals surface area (Å²) in [7, 11) is 0. The molecule has 1 saturated heterocycles. The number of aliphatic carboxylic acids is 1. The van der Waals surface area contributed by atoms with E-state index in [-0.39, 0.29) is 17.5 Å². The van der Waals surface area contributed by atoms with Gasteiger partial charge in [-0.05, 0) is 39.0 Å². The van der Waals surface area contributed by atoms with Crippen LogP contribution in [-0.2, 0) is 4.79 Å². The first-order valence-electron chi connectivity index (χ1n) is 6.60. The number of carboxylic acids is 1. The molecule has 0 spiro atoms. The van der Waals surface area contributed by atoms with E-state index in [2.05, 4.69) is 5.32 Å². The van der Waals surface area contributed by atoms with Crippen LogP contribution in [-0.4, -0.2) is 40.1 Å². The standard InChI is InChI=1S/C13H24N2O3/c1-5-13(3,4)14-12(18)15-8-6-7-9(2)10(15)11(16)17/h9-10H,5-8H2,1-4H3,(H,14,18)(H,16,17). The molecule has 1 heterocycles. The fourth-order valence-corrected chi connectivity index (χ4v) is 2.24. The zero-order chi connectivity index (χ0) is 13.9. The maximum atomic E-state index is 12.2. The Kier molecular flexibility index (Phi) is 4.59. The highest BCUT2D eigenvalue weighted by Crippen LogP contribution is 2.24. The first-order chi connectivity index (χ1) is 8.28. The van der Waals surface area contributed by atoms with Crippen LogP contribution in [0.25, 0.3) is 0 Å². The lowest BCUT2D eigenvalue weighted by atomic mass is 9.91. The Balaban J connectivity index is 2.79. The van der Waals surface area contributed by atoms with Gasteiger partial charge in [0, 0.05) is 12.1 Å². The second kappa shape index (κ2) is 5.59. The first kappa shape index (κ1) is 14.8. The van der Waals surface area contributed by atoms with E-state index in [1.807, 2.05) is 27.7 Å². The van der Waals surface area contributed by atoms with Crippen molar-refractivity contribution in [3.8, 4) is 0 Å². The number of rotatable bonds is 3. The summed E-state index contributed by atoms with van der Waals surface area (Å²) in [6.45, 7) is 8.28. The van der Waals surface area contributed by atoms with Gasteiger partial charge in [0.05, 0.1) is 0 Å². The van der Waals surface area contributed by atoms with E-state index in [1.165, 1.54) is 4.90 Å². The van der Waals surface area contributed by atoms with Gasteiger partial charge in [0.25, 0.3) is 0 Å². The molecule has 0 aromatic rings. The fraction of sp³-hybridized carbons (Fsp3) is 0.846. The molecule has 2 unspecified atom stereocenters. The van der Waals surface area contributed by atoms with Crippen LogP contribution < -0.4 is 5.32 Å². The van der Waals surface area contributed by atoms with Crippen LogP contribution in [0, 0.1) is 5.92 Å². The summed E-state index contributed by atoms with van der Waals surface area (Å²) in [4.78, 5) is 24.9. The molecule has 0 aromatic heterocycles. The van der Waals surface area contributed by atoms with Crippen molar-refractivity contribution >= 4 is 12.0 Å². The number of carbonyl (C=O) groups excluding carboxylic acids is 1.